The van der Waals surface area contributed by atoms with Crippen LogP contribution in [0.1, 0.15) is 13.8 Å². The third-order valence-electron chi connectivity index (χ3n) is 1.40. The Kier molecular flexibility index (Phi) is 7.29. The van der Waals surface area contributed by atoms with Gasteiger partial charge in [0.15, 0.2) is 0 Å². The molecule has 0 aromatic heterocycles. The zero-order valence-corrected chi connectivity index (χ0v) is 8.83. The van der Waals surface area contributed by atoms with E-state index in [2.05, 4.69) is 23.8 Å². The van der Waals surface area contributed by atoms with Crippen LogP contribution in [-0.4, -0.2) is 37.0 Å². The average Bonchev–Trinajstić information content (AvgIpc) is 2.02. The molecule has 0 aliphatic heterocycles. The number of carbonyl (C=O) groups is 1. The summed E-state index contributed by atoms with van der Waals surface area (Å²) >= 11 is 1.78. The second-order valence-corrected chi connectivity index (χ2v) is 3.60. The Morgan fingerprint density at radius 3 is 2.75 bits per heavy atom. The fourth-order valence-electron chi connectivity index (χ4n) is 0.836. The third kappa shape index (κ3) is 6.49. The summed E-state index contributed by atoms with van der Waals surface area (Å²) in [5, 5.41) is 5.87. The van der Waals surface area contributed by atoms with E-state index in [1.165, 1.54) is 0 Å². The number of amides is 1. The first-order valence-corrected chi connectivity index (χ1v) is 5.59. The molecule has 0 heterocycles. The van der Waals surface area contributed by atoms with Crippen LogP contribution in [0.25, 0.3) is 0 Å². The van der Waals surface area contributed by atoms with Crippen LogP contribution < -0.4 is 10.6 Å². The molecule has 0 saturated carbocycles. The predicted molar refractivity (Wildman–Crippen MR) is 54.5 cm³/mol. The van der Waals surface area contributed by atoms with Gasteiger partial charge in [0.2, 0.25) is 5.91 Å². The van der Waals surface area contributed by atoms with Crippen LogP contribution in [0, 0.1) is 0 Å². The number of likely N-dealkylation sites (N-methyl/N-ethyl adjacent to an activating group) is 1. The van der Waals surface area contributed by atoms with Gasteiger partial charge in [0.05, 0.1) is 6.54 Å². The Balaban J connectivity index is 3.33. The van der Waals surface area contributed by atoms with Gasteiger partial charge in [0.25, 0.3) is 0 Å². The molecule has 12 heavy (non-hydrogen) atoms. The van der Waals surface area contributed by atoms with Gasteiger partial charge in [0.1, 0.15) is 0 Å². The van der Waals surface area contributed by atoms with E-state index in [-0.39, 0.29) is 5.91 Å². The highest BCUT2D eigenvalue weighted by atomic mass is 32.2. The van der Waals surface area contributed by atoms with Crippen molar-refractivity contribution in [1.29, 1.82) is 0 Å². The topological polar surface area (TPSA) is 41.1 Å². The largest absolute Gasteiger partial charge is 0.355 e. The normalized spacial score (nSPS) is 12.6. The monoisotopic (exact) mass is 190 g/mol. The Labute approximate surface area is 78.7 Å². The maximum Gasteiger partial charge on any atom is 0.233 e. The zero-order valence-electron chi connectivity index (χ0n) is 8.02. The number of nitrogens with one attached hydrogen (secondary N) is 2. The van der Waals surface area contributed by atoms with Crippen LogP contribution in [0.3, 0.4) is 0 Å². The van der Waals surface area contributed by atoms with Gasteiger partial charge in [-0.25, -0.2) is 0 Å². The van der Waals surface area contributed by atoms with E-state index >= 15 is 0 Å². The van der Waals surface area contributed by atoms with Crippen molar-refractivity contribution in [1.82, 2.24) is 10.6 Å². The van der Waals surface area contributed by atoms with Crippen LogP contribution in [0.2, 0.25) is 0 Å². The molecule has 0 rings (SSSR count). The lowest BCUT2D eigenvalue weighted by molar-refractivity contribution is -0.120. The quantitative estimate of drug-likeness (QED) is 0.639. The average molecular weight is 190 g/mol. The minimum Gasteiger partial charge on any atom is -0.355 e. The number of carbonyl (C=O) groups excluding carboxylic acids is 1. The molecule has 0 aromatic rings. The predicted octanol–water partition coefficient (Wildman–Crippen LogP) is 0.464. The molecule has 0 aliphatic rings. The minimum absolute atomic E-state index is 0.0745. The Bertz CT molecular complexity index is 130. The van der Waals surface area contributed by atoms with Gasteiger partial charge < -0.3 is 10.6 Å². The molecule has 0 bridgehead atoms. The van der Waals surface area contributed by atoms with E-state index in [0.717, 1.165) is 5.75 Å². The van der Waals surface area contributed by atoms with Crippen molar-refractivity contribution >= 4 is 17.7 Å². The van der Waals surface area contributed by atoms with Crippen molar-refractivity contribution in [3.05, 3.63) is 0 Å². The lowest BCUT2D eigenvalue weighted by atomic mass is 10.4. The van der Waals surface area contributed by atoms with Gasteiger partial charge in [0, 0.05) is 18.3 Å². The van der Waals surface area contributed by atoms with Crippen molar-refractivity contribution in [3.63, 3.8) is 0 Å². The summed E-state index contributed by atoms with van der Waals surface area (Å²) in [5.41, 5.74) is 0. The fourth-order valence-corrected chi connectivity index (χ4v) is 1.45. The Morgan fingerprint density at radius 1 is 1.58 bits per heavy atom. The summed E-state index contributed by atoms with van der Waals surface area (Å²) < 4.78 is 0. The van der Waals surface area contributed by atoms with E-state index < -0.39 is 0 Å². The second kappa shape index (κ2) is 7.43. The van der Waals surface area contributed by atoms with Crippen LogP contribution in [-0.2, 0) is 4.79 Å². The minimum atomic E-state index is 0.0745. The van der Waals surface area contributed by atoms with E-state index in [4.69, 9.17) is 0 Å². The summed E-state index contributed by atoms with van der Waals surface area (Å²) in [4.78, 5) is 11.0. The second-order valence-electron chi connectivity index (χ2n) is 2.69. The van der Waals surface area contributed by atoms with Crippen LogP contribution in [0.15, 0.2) is 0 Å². The highest BCUT2D eigenvalue weighted by Gasteiger charge is 2.02. The van der Waals surface area contributed by atoms with Crippen LogP contribution in [0.5, 0.6) is 0 Å². The smallest absolute Gasteiger partial charge is 0.233 e. The van der Waals surface area contributed by atoms with Gasteiger partial charge in [-0.1, -0.05) is 0 Å². The van der Waals surface area contributed by atoms with Gasteiger partial charge in [-0.2, -0.15) is 11.8 Å². The van der Waals surface area contributed by atoms with Crippen molar-refractivity contribution in [2.24, 2.45) is 0 Å². The highest BCUT2D eigenvalue weighted by molar-refractivity contribution is 7.98. The van der Waals surface area contributed by atoms with Crippen molar-refractivity contribution < 1.29 is 4.79 Å². The maximum absolute atomic E-state index is 11.0. The molecule has 3 nitrogen and oxygen atoms in total. The first-order chi connectivity index (χ1) is 5.70. The van der Waals surface area contributed by atoms with E-state index in [1.54, 1.807) is 11.8 Å². The summed E-state index contributed by atoms with van der Waals surface area (Å²) in [6, 6.07) is 0.405. The maximum atomic E-state index is 11.0. The third-order valence-corrected chi connectivity index (χ3v) is 2.24. The SMILES string of the molecule is CCNC(=O)CNC(C)CSC. The van der Waals surface area contributed by atoms with E-state index in [1.807, 2.05) is 6.92 Å². The van der Waals surface area contributed by atoms with Gasteiger partial charge in [-0.3, -0.25) is 4.79 Å². The lowest BCUT2D eigenvalue weighted by Gasteiger charge is -2.11. The zero-order chi connectivity index (χ0) is 9.40. The molecule has 0 aromatic carbocycles. The van der Waals surface area contributed by atoms with Gasteiger partial charge in [-0.05, 0) is 20.1 Å². The molecule has 0 saturated heterocycles. The molecule has 0 fully saturated rings. The van der Waals surface area contributed by atoms with Crippen molar-refractivity contribution in [3.8, 4) is 0 Å². The van der Waals surface area contributed by atoms with E-state index in [0.29, 0.717) is 19.1 Å². The molecule has 4 heteroatoms. The number of rotatable bonds is 6. The molecule has 1 amide bonds. The number of hydrogen-bond donors (Lipinski definition) is 2. The molecular weight excluding hydrogens is 172 g/mol. The molecule has 2 N–H and O–H groups in total. The number of hydrogen-bond acceptors (Lipinski definition) is 3. The summed E-state index contributed by atoms with van der Waals surface area (Å²) in [5.74, 6) is 1.12. The lowest BCUT2D eigenvalue weighted by Crippen LogP contribution is -2.38. The number of thioether (sulfide) groups is 1. The standard InChI is InChI=1S/C8H18N2OS/c1-4-9-8(11)5-10-7(2)6-12-3/h7,10H,4-6H2,1-3H3,(H,9,11). The van der Waals surface area contributed by atoms with Crippen molar-refractivity contribution in [2.45, 2.75) is 19.9 Å². The summed E-state index contributed by atoms with van der Waals surface area (Å²) in [6.07, 6.45) is 2.06. The van der Waals surface area contributed by atoms with Gasteiger partial charge in [-0.15, -0.1) is 0 Å². The molecular formula is C8H18N2OS. The van der Waals surface area contributed by atoms with Crippen molar-refractivity contribution in [2.75, 3.05) is 25.1 Å². The Hall–Kier alpha value is -0.220. The molecule has 0 radical (unpaired) electrons. The molecule has 1 unspecified atom stereocenters. The highest BCUT2D eigenvalue weighted by Crippen LogP contribution is 1.94. The first-order valence-electron chi connectivity index (χ1n) is 4.19. The summed E-state index contributed by atoms with van der Waals surface area (Å²) in [6.45, 7) is 5.13. The van der Waals surface area contributed by atoms with Crippen LogP contribution >= 0.6 is 11.8 Å². The molecule has 1 atom stereocenters. The van der Waals surface area contributed by atoms with Crippen LogP contribution in [0.4, 0.5) is 0 Å². The molecule has 0 spiro atoms. The van der Waals surface area contributed by atoms with E-state index in [9.17, 15) is 4.79 Å². The molecule has 72 valence electrons. The van der Waals surface area contributed by atoms with Gasteiger partial charge >= 0.3 is 0 Å². The molecule has 0 aliphatic carbocycles. The summed E-state index contributed by atoms with van der Waals surface area (Å²) in [7, 11) is 0. The fraction of sp³-hybridized carbons (Fsp3) is 0.875. The Morgan fingerprint density at radius 2 is 2.25 bits per heavy atom. The first kappa shape index (κ1) is 11.8.